The van der Waals surface area contributed by atoms with Crippen LogP contribution in [0.1, 0.15) is 11.1 Å². The predicted octanol–water partition coefficient (Wildman–Crippen LogP) is 4.40. The van der Waals surface area contributed by atoms with Gasteiger partial charge < -0.3 is 9.64 Å². The number of aromatic nitrogens is 1. The van der Waals surface area contributed by atoms with Crippen LogP contribution in [0.2, 0.25) is 5.15 Å². The predicted molar refractivity (Wildman–Crippen MR) is 122 cm³/mol. The lowest BCUT2D eigenvalue weighted by molar-refractivity contribution is -0.134. The van der Waals surface area contributed by atoms with Crippen molar-refractivity contribution in [1.29, 1.82) is 0 Å². The van der Waals surface area contributed by atoms with Gasteiger partial charge in [0, 0.05) is 44.2 Å². The number of anilines is 1. The Kier molecular flexibility index (Phi) is 6.31. The van der Waals surface area contributed by atoms with Crippen LogP contribution in [0.3, 0.4) is 0 Å². The first kappa shape index (κ1) is 20.4. The number of methoxy groups -OCH3 is 1. The van der Waals surface area contributed by atoms with Gasteiger partial charge in [-0.2, -0.15) is 0 Å². The standard InChI is InChI=1S/C24H24ClN3O2/c1-30-23(29)11-10-18-6-8-19(9-7-18)17-27-12-14-28(15-13-27)24-21-5-3-2-4-20(21)16-22(25)26-24/h2-11,16H,12-15,17H2,1H3/b11-10+. The Hall–Kier alpha value is -2.89. The number of halogens is 1. The number of nitrogens with zero attached hydrogens (tertiary/aromatic N) is 3. The van der Waals surface area contributed by atoms with E-state index in [1.54, 1.807) is 6.08 Å². The number of rotatable bonds is 5. The van der Waals surface area contributed by atoms with Gasteiger partial charge in [0.25, 0.3) is 0 Å². The highest BCUT2D eigenvalue weighted by Gasteiger charge is 2.20. The molecular formula is C24H24ClN3O2. The summed E-state index contributed by atoms with van der Waals surface area (Å²) in [6.45, 7) is 4.66. The Morgan fingerprint density at radius 3 is 2.57 bits per heavy atom. The second-order valence-electron chi connectivity index (χ2n) is 7.35. The molecule has 1 saturated heterocycles. The molecule has 0 amide bonds. The van der Waals surface area contributed by atoms with Gasteiger partial charge in [0.1, 0.15) is 11.0 Å². The molecule has 0 saturated carbocycles. The third-order valence-corrected chi connectivity index (χ3v) is 5.55. The second kappa shape index (κ2) is 9.28. The first-order valence-corrected chi connectivity index (χ1v) is 10.4. The van der Waals surface area contributed by atoms with Crippen LogP contribution in [-0.4, -0.2) is 49.1 Å². The maximum Gasteiger partial charge on any atom is 0.330 e. The second-order valence-corrected chi connectivity index (χ2v) is 7.74. The maximum atomic E-state index is 11.2. The molecule has 2 aromatic carbocycles. The third kappa shape index (κ3) is 4.81. The molecule has 0 bridgehead atoms. The van der Waals surface area contributed by atoms with Crippen LogP contribution in [-0.2, 0) is 16.1 Å². The summed E-state index contributed by atoms with van der Waals surface area (Å²) in [5, 5.41) is 2.80. The number of fused-ring (bicyclic) bond motifs is 1. The van der Waals surface area contributed by atoms with Gasteiger partial charge in [-0.15, -0.1) is 0 Å². The van der Waals surface area contributed by atoms with Crippen LogP contribution in [0.5, 0.6) is 0 Å². The normalized spacial score (nSPS) is 15.1. The molecule has 6 heteroatoms. The number of carbonyl (C=O) groups excluding carboxylic acids is 1. The molecule has 3 aromatic rings. The van der Waals surface area contributed by atoms with E-state index in [1.165, 1.54) is 18.7 Å². The number of piperazine rings is 1. The molecule has 1 aliphatic heterocycles. The van der Waals surface area contributed by atoms with E-state index in [0.717, 1.165) is 54.9 Å². The summed E-state index contributed by atoms with van der Waals surface area (Å²) >= 11 is 6.26. The summed E-state index contributed by atoms with van der Waals surface area (Å²) in [5.74, 6) is 0.624. The van der Waals surface area contributed by atoms with E-state index in [0.29, 0.717) is 5.15 Å². The zero-order valence-electron chi connectivity index (χ0n) is 16.9. The van der Waals surface area contributed by atoms with Crippen molar-refractivity contribution in [2.75, 3.05) is 38.2 Å². The Balaban J connectivity index is 1.37. The smallest absolute Gasteiger partial charge is 0.330 e. The zero-order valence-corrected chi connectivity index (χ0v) is 17.7. The van der Waals surface area contributed by atoms with E-state index in [2.05, 4.69) is 43.8 Å². The highest BCUT2D eigenvalue weighted by atomic mass is 35.5. The largest absolute Gasteiger partial charge is 0.466 e. The molecule has 0 atom stereocenters. The lowest BCUT2D eigenvalue weighted by atomic mass is 10.1. The Morgan fingerprint density at radius 2 is 1.83 bits per heavy atom. The van der Waals surface area contributed by atoms with Gasteiger partial charge in [-0.1, -0.05) is 60.1 Å². The zero-order chi connectivity index (χ0) is 20.9. The van der Waals surface area contributed by atoms with E-state index < -0.39 is 0 Å². The number of esters is 1. The number of carbonyl (C=O) groups is 1. The Bertz CT molecular complexity index is 1060. The van der Waals surface area contributed by atoms with Crippen molar-refractivity contribution in [3.05, 3.63) is 77.0 Å². The van der Waals surface area contributed by atoms with Gasteiger partial charge in [0.15, 0.2) is 0 Å². The first-order valence-electron chi connectivity index (χ1n) is 10.00. The molecule has 1 fully saturated rings. The lowest BCUT2D eigenvalue weighted by Crippen LogP contribution is -2.46. The maximum absolute atomic E-state index is 11.2. The molecule has 1 aliphatic rings. The minimum absolute atomic E-state index is 0.348. The number of pyridine rings is 1. The van der Waals surface area contributed by atoms with Crippen LogP contribution in [0.4, 0.5) is 5.82 Å². The highest BCUT2D eigenvalue weighted by molar-refractivity contribution is 6.30. The van der Waals surface area contributed by atoms with Gasteiger partial charge in [0.2, 0.25) is 0 Å². The molecular weight excluding hydrogens is 398 g/mol. The van der Waals surface area contributed by atoms with Gasteiger partial charge in [-0.3, -0.25) is 4.90 Å². The van der Waals surface area contributed by atoms with Gasteiger partial charge in [-0.25, -0.2) is 9.78 Å². The fraction of sp³-hybridized carbons (Fsp3) is 0.250. The molecule has 0 radical (unpaired) electrons. The molecule has 5 nitrogen and oxygen atoms in total. The first-order chi connectivity index (χ1) is 14.6. The van der Waals surface area contributed by atoms with Gasteiger partial charge in [0.05, 0.1) is 7.11 Å². The summed E-state index contributed by atoms with van der Waals surface area (Å²) in [6, 6.07) is 18.4. The van der Waals surface area contributed by atoms with Gasteiger partial charge >= 0.3 is 5.97 Å². The molecule has 154 valence electrons. The number of hydrogen-bond donors (Lipinski definition) is 0. The van der Waals surface area contributed by atoms with Crippen LogP contribution in [0.25, 0.3) is 16.8 Å². The van der Waals surface area contributed by atoms with Crippen LogP contribution >= 0.6 is 11.6 Å². The average Bonchev–Trinajstić information content (AvgIpc) is 2.78. The number of ether oxygens (including phenoxy) is 1. The quantitative estimate of drug-likeness (QED) is 0.347. The highest BCUT2D eigenvalue weighted by Crippen LogP contribution is 2.28. The molecule has 2 heterocycles. The minimum atomic E-state index is -0.348. The van der Waals surface area contributed by atoms with Gasteiger partial charge in [-0.05, 0) is 28.7 Å². The number of benzene rings is 2. The SMILES string of the molecule is COC(=O)/C=C/c1ccc(CN2CCN(c3nc(Cl)cc4ccccc34)CC2)cc1. The van der Waals surface area contributed by atoms with Crippen molar-refractivity contribution in [3.63, 3.8) is 0 Å². The fourth-order valence-corrected chi connectivity index (χ4v) is 3.93. The lowest BCUT2D eigenvalue weighted by Gasteiger charge is -2.36. The number of hydrogen-bond acceptors (Lipinski definition) is 5. The van der Waals surface area contributed by atoms with Crippen molar-refractivity contribution >= 4 is 40.2 Å². The van der Waals surface area contributed by atoms with Crippen molar-refractivity contribution in [2.45, 2.75) is 6.54 Å². The summed E-state index contributed by atoms with van der Waals surface area (Å²) in [4.78, 5) is 20.6. The van der Waals surface area contributed by atoms with Crippen molar-refractivity contribution in [3.8, 4) is 0 Å². The third-order valence-electron chi connectivity index (χ3n) is 5.36. The van der Waals surface area contributed by atoms with Crippen LogP contribution in [0, 0.1) is 0 Å². The summed E-state index contributed by atoms with van der Waals surface area (Å²) in [6.07, 6.45) is 3.19. The molecule has 0 aliphatic carbocycles. The Morgan fingerprint density at radius 1 is 1.10 bits per heavy atom. The molecule has 0 spiro atoms. The molecule has 0 N–H and O–H groups in total. The fourth-order valence-electron chi connectivity index (χ4n) is 3.73. The minimum Gasteiger partial charge on any atom is -0.466 e. The summed E-state index contributed by atoms with van der Waals surface area (Å²) < 4.78 is 4.62. The van der Waals surface area contributed by atoms with Crippen molar-refractivity contribution < 1.29 is 9.53 Å². The Labute approximate surface area is 181 Å². The molecule has 30 heavy (non-hydrogen) atoms. The van der Waals surface area contributed by atoms with E-state index in [1.807, 2.05) is 30.3 Å². The topological polar surface area (TPSA) is 45.7 Å². The van der Waals surface area contributed by atoms with Crippen LogP contribution in [0.15, 0.2) is 60.7 Å². The molecule has 4 rings (SSSR count). The van der Waals surface area contributed by atoms with Crippen molar-refractivity contribution in [2.24, 2.45) is 0 Å². The van der Waals surface area contributed by atoms with E-state index in [4.69, 9.17) is 11.6 Å². The van der Waals surface area contributed by atoms with Crippen molar-refractivity contribution in [1.82, 2.24) is 9.88 Å². The van der Waals surface area contributed by atoms with E-state index in [9.17, 15) is 4.79 Å². The molecule has 1 aromatic heterocycles. The van der Waals surface area contributed by atoms with E-state index in [-0.39, 0.29) is 5.97 Å². The van der Waals surface area contributed by atoms with E-state index >= 15 is 0 Å². The summed E-state index contributed by atoms with van der Waals surface area (Å²) in [7, 11) is 1.38. The summed E-state index contributed by atoms with van der Waals surface area (Å²) in [5.41, 5.74) is 2.23. The molecule has 0 unspecified atom stereocenters. The van der Waals surface area contributed by atoms with Crippen LogP contribution < -0.4 is 4.90 Å². The average molecular weight is 422 g/mol. The monoisotopic (exact) mass is 421 g/mol.